The third-order valence-electron chi connectivity index (χ3n) is 4.41. The van der Waals surface area contributed by atoms with E-state index < -0.39 is 0 Å². The van der Waals surface area contributed by atoms with E-state index in [-0.39, 0.29) is 12.0 Å². The minimum atomic E-state index is -0.200. The van der Waals surface area contributed by atoms with E-state index in [1.54, 1.807) is 0 Å². The van der Waals surface area contributed by atoms with Gasteiger partial charge in [0.15, 0.2) is 5.69 Å². The van der Waals surface area contributed by atoms with Crippen LogP contribution in [0.15, 0.2) is 34.9 Å². The first-order chi connectivity index (χ1) is 12.6. The summed E-state index contributed by atoms with van der Waals surface area (Å²) in [4.78, 5) is 18.7. The fourth-order valence-electron chi connectivity index (χ4n) is 3.05. The predicted octanol–water partition coefficient (Wildman–Crippen LogP) is 2.78. The molecule has 3 rings (SSSR count). The van der Waals surface area contributed by atoms with Gasteiger partial charge in [-0.3, -0.25) is 9.69 Å². The molecule has 1 amide bonds. The number of carbonyl (C=O) groups is 1. The second-order valence-corrected chi connectivity index (χ2v) is 6.88. The maximum absolute atomic E-state index is 12.1. The Balaban J connectivity index is 1.45. The molecule has 0 unspecified atom stereocenters. The normalized spacial score (nSPS) is 14.4. The Labute approximate surface area is 154 Å². The first-order valence-electron chi connectivity index (χ1n) is 9.25. The molecule has 1 aromatic heterocycles. The van der Waals surface area contributed by atoms with Crippen molar-refractivity contribution in [1.82, 2.24) is 15.2 Å². The molecule has 2 heterocycles. The van der Waals surface area contributed by atoms with Crippen LogP contribution in [0.2, 0.25) is 0 Å². The van der Waals surface area contributed by atoms with Gasteiger partial charge in [0.1, 0.15) is 6.26 Å². The van der Waals surface area contributed by atoms with Crippen LogP contribution in [-0.4, -0.2) is 41.6 Å². The summed E-state index contributed by atoms with van der Waals surface area (Å²) in [5.41, 5.74) is 3.10. The number of carbonyl (C=O) groups excluding carboxylic acids is 1. The van der Waals surface area contributed by atoms with Crippen molar-refractivity contribution in [2.45, 2.75) is 45.9 Å². The quantitative estimate of drug-likeness (QED) is 0.736. The van der Waals surface area contributed by atoms with Gasteiger partial charge in [0, 0.05) is 26.2 Å². The number of hydrogen-bond donors (Lipinski definition) is 1. The summed E-state index contributed by atoms with van der Waals surface area (Å²) in [5, 5.41) is 2.85. The zero-order chi connectivity index (χ0) is 18.4. The molecular weight excluding hydrogens is 330 g/mol. The molecule has 0 bridgehead atoms. The summed E-state index contributed by atoms with van der Waals surface area (Å²) in [7, 11) is 0. The highest BCUT2D eigenvalue weighted by molar-refractivity contribution is 5.91. The molecule has 0 fully saturated rings. The Kier molecular flexibility index (Phi) is 6.41. The summed E-state index contributed by atoms with van der Waals surface area (Å²) < 4.78 is 10.9. The van der Waals surface area contributed by atoms with Crippen LogP contribution in [0.4, 0.5) is 0 Å². The summed E-state index contributed by atoms with van der Waals surface area (Å²) in [6.45, 7) is 7.67. The Morgan fingerprint density at radius 3 is 2.96 bits per heavy atom. The van der Waals surface area contributed by atoms with Crippen LogP contribution in [0.1, 0.15) is 47.8 Å². The number of fused-ring (bicyclic) bond motifs is 1. The minimum absolute atomic E-state index is 0.200. The van der Waals surface area contributed by atoms with Crippen LogP contribution in [-0.2, 0) is 24.2 Å². The highest BCUT2D eigenvalue weighted by Crippen LogP contribution is 2.20. The molecule has 0 saturated heterocycles. The second kappa shape index (κ2) is 8.96. The molecule has 1 N–H and O–H groups in total. The number of nitrogens with zero attached hydrogens (tertiary/aromatic N) is 2. The molecule has 26 heavy (non-hydrogen) atoms. The molecule has 0 saturated carbocycles. The van der Waals surface area contributed by atoms with Gasteiger partial charge >= 0.3 is 0 Å². The van der Waals surface area contributed by atoms with Gasteiger partial charge in [0.2, 0.25) is 5.89 Å². The van der Waals surface area contributed by atoms with Crippen LogP contribution in [0.3, 0.4) is 0 Å². The van der Waals surface area contributed by atoms with Crippen molar-refractivity contribution in [3.8, 4) is 0 Å². The lowest BCUT2D eigenvalue weighted by molar-refractivity contribution is 0.0756. The van der Waals surface area contributed by atoms with E-state index in [0.717, 1.165) is 25.9 Å². The standard InChI is InChI=1S/C20H27N3O3/c1-15(2)25-11-5-9-21-20(24)18-14-26-19(22-18)13-23-10-8-16-6-3-4-7-17(16)12-23/h3-4,6-7,14-15H,5,8-13H2,1-2H3,(H,21,24). The fourth-order valence-corrected chi connectivity index (χ4v) is 3.05. The van der Waals surface area contributed by atoms with E-state index in [1.165, 1.54) is 17.4 Å². The third-order valence-corrected chi connectivity index (χ3v) is 4.41. The van der Waals surface area contributed by atoms with E-state index >= 15 is 0 Å². The molecule has 1 aliphatic heterocycles. The highest BCUT2D eigenvalue weighted by Gasteiger charge is 2.19. The number of ether oxygens (including phenoxy) is 1. The molecule has 0 radical (unpaired) electrons. The van der Waals surface area contributed by atoms with Crippen molar-refractivity contribution < 1.29 is 13.9 Å². The van der Waals surface area contributed by atoms with E-state index in [1.807, 2.05) is 13.8 Å². The van der Waals surface area contributed by atoms with Gasteiger partial charge in [-0.25, -0.2) is 4.98 Å². The smallest absolute Gasteiger partial charge is 0.273 e. The average Bonchev–Trinajstić information content (AvgIpc) is 3.09. The molecular formula is C20H27N3O3. The van der Waals surface area contributed by atoms with Crippen molar-refractivity contribution in [1.29, 1.82) is 0 Å². The molecule has 6 heteroatoms. The highest BCUT2D eigenvalue weighted by atomic mass is 16.5. The molecule has 2 aromatic rings. The lowest BCUT2D eigenvalue weighted by Gasteiger charge is -2.27. The summed E-state index contributed by atoms with van der Waals surface area (Å²) in [6.07, 6.45) is 3.46. The third kappa shape index (κ3) is 5.16. The average molecular weight is 357 g/mol. The summed E-state index contributed by atoms with van der Waals surface area (Å²) in [6, 6.07) is 8.51. The summed E-state index contributed by atoms with van der Waals surface area (Å²) in [5.74, 6) is 0.381. The van der Waals surface area contributed by atoms with Crippen molar-refractivity contribution in [3.05, 3.63) is 53.2 Å². The number of hydrogen-bond acceptors (Lipinski definition) is 5. The number of nitrogens with one attached hydrogen (secondary N) is 1. The first-order valence-corrected chi connectivity index (χ1v) is 9.25. The van der Waals surface area contributed by atoms with Crippen molar-refractivity contribution in [3.63, 3.8) is 0 Å². The Bertz CT molecular complexity index is 727. The van der Waals surface area contributed by atoms with E-state index in [2.05, 4.69) is 39.5 Å². The van der Waals surface area contributed by atoms with E-state index in [0.29, 0.717) is 31.3 Å². The lowest BCUT2D eigenvalue weighted by atomic mass is 10.00. The van der Waals surface area contributed by atoms with Crippen LogP contribution in [0.25, 0.3) is 0 Å². The van der Waals surface area contributed by atoms with Gasteiger partial charge in [-0.15, -0.1) is 0 Å². The Morgan fingerprint density at radius 1 is 1.35 bits per heavy atom. The van der Waals surface area contributed by atoms with Gasteiger partial charge < -0.3 is 14.5 Å². The van der Waals surface area contributed by atoms with Gasteiger partial charge in [-0.1, -0.05) is 24.3 Å². The number of oxazole rings is 1. The first kappa shape index (κ1) is 18.6. The zero-order valence-corrected chi connectivity index (χ0v) is 15.5. The summed E-state index contributed by atoms with van der Waals surface area (Å²) >= 11 is 0. The predicted molar refractivity (Wildman–Crippen MR) is 98.8 cm³/mol. The second-order valence-electron chi connectivity index (χ2n) is 6.88. The SMILES string of the molecule is CC(C)OCCCNC(=O)c1coc(CN2CCc3ccccc3C2)n1. The van der Waals surface area contributed by atoms with Crippen LogP contribution >= 0.6 is 0 Å². The van der Waals surface area contributed by atoms with Crippen molar-refractivity contribution in [2.24, 2.45) is 0 Å². The number of aromatic nitrogens is 1. The van der Waals surface area contributed by atoms with Gasteiger partial charge in [-0.2, -0.15) is 0 Å². The number of rotatable bonds is 8. The molecule has 0 atom stereocenters. The van der Waals surface area contributed by atoms with Gasteiger partial charge in [-0.05, 0) is 37.8 Å². The molecule has 6 nitrogen and oxygen atoms in total. The van der Waals surface area contributed by atoms with Crippen molar-refractivity contribution in [2.75, 3.05) is 19.7 Å². The van der Waals surface area contributed by atoms with E-state index in [4.69, 9.17) is 9.15 Å². The molecule has 1 aromatic carbocycles. The van der Waals surface area contributed by atoms with Crippen LogP contribution in [0, 0.1) is 0 Å². The fraction of sp³-hybridized carbons (Fsp3) is 0.500. The van der Waals surface area contributed by atoms with E-state index in [9.17, 15) is 4.79 Å². The van der Waals surface area contributed by atoms with Crippen LogP contribution in [0.5, 0.6) is 0 Å². The Hall–Kier alpha value is -2.18. The van der Waals surface area contributed by atoms with Crippen molar-refractivity contribution >= 4 is 5.91 Å². The maximum atomic E-state index is 12.1. The lowest BCUT2D eigenvalue weighted by Crippen LogP contribution is -2.30. The van der Waals surface area contributed by atoms with Gasteiger partial charge in [0.25, 0.3) is 5.91 Å². The topological polar surface area (TPSA) is 67.6 Å². The number of amides is 1. The largest absolute Gasteiger partial charge is 0.447 e. The van der Waals surface area contributed by atoms with Gasteiger partial charge in [0.05, 0.1) is 12.6 Å². The van der Waals surface area contributed by atoms with Crippen LogP contribution < -0.4 is 5.32 Å². The Morgan fingerprint density at radius 2 is 2.15 bits per heavy atom. The number of benzene rings is 1. The molecule has 140 valence electrons. The molecule has 1 aliphatic rings. The zero-order valence-electron chi connectivity index (χ0n) is 15.5. The maximum Gasteiger partial charge on any atom is 0.273 e. The molecule has 0 aliphatic carbocycles. The monoisotopic (exact) mass is 357 g/mol. The molecule has 0 spiro atoms. The minimum Gasteiger partial charge on any atom is -0.447 e.